The van der Waals surface area contributed by atoms with Crippen molar-refractivity contribution in [1.82, 2.24) is 19.9 Å². The number of rotatable bonds is 4. The molecule has 24 heavy (non-hydrogen) atoms. The standard InChI is InChI=1S/C17H15N7/c18-17-23-15-7-11(12-3-5-19-8-12)1-2-14(15)16(24-17)21-9-13-4-6-20-10-22-13/h1-7,10H,8-9H2,(H3,18,21,23,24). The van der Waals surface area contributed by atoms with Crippen LogP contribution in [-0.4, -0.2) is 32.7 Å². The largest absolute Gasteiger partial charge is 0.368 e. The minimum absolute atomic E-state index is 0.237. The first-order valence-corrected chi connectivity index (χ1v) is 7.55. The zero-order valence-electron chi connectivity index (χ0n) is 12.8. The van der Waals surface area contributed by atoms with Crippen molar-refractivity contribution < 1.29 is 0 Å². The van der Waals surface area contributed by atoms with Crippen molar-refractivity contribution >= 4 is 34.5 Å². The van der Waals surface area contributed by atoms with Gasteiger partial charge in [-0.3, -0.25) is 4.99 Å². The van der Waals surface area contributed by atoms with Crippen LogP contribution in [0.1, 0.15) is 11.3 Å². The second-order valence-electron chi connectivity index (χ2n) is 5.40. The molecule has 0 aliphatic carbocycles. The van der Waals surface area contributed by atoms with Crippen molar-refractivity contribution in [2.45, 2.75) is 6.54 Å². The zero-order chi connectivity index (χ0) is 16.4. The van der Waals surface area contributed by atoms with Crippen LogP contribution in [0.25, 0.3) is 16.5 Å². The quantitative estimate of drug-likeness (QED) is 0.764. The summed E-state index contributed by atoms with van der Waals surface area (Å²) in [5, 5.41) is 4.19. The van der Waals surface area contributed by atoms with E-state index in [4.69, 9.17) is 5.73 Å². The Balaban J connectivity index is 1.67. The van der Waals surface area contributed by atoms with Crippen LogP contribution < -0.4 is 11.1 Å². The molecule has 0 atom stereocenters. The lowest BCUT2D eigenvalue weighted by Crippen LogP contribution is -2.06. The molecule has 4 rings (SSSR count). The predicted octanol–water partition coefficient (Wildman–Crippen LogP) is 2.08. The number of aromatic nitrogens is 4. The summed E-state index contributed by atoms with van der Waals surface area (Å²) < 4.78 is 0. The van der Waals surface area contributed by atoms with E-state index in [0.717, 1.165) is 22.2 Å². The van der Waals surface area contributed by atoms with Crippen LogP contribution in [0, 0.1) is 0 Å². The number of aliphatic imine (C=N–C) groups is 1. The molecule has 3 N–H and O–H groups in total. The minimum Gasteiger partial charge on any atom is -0.368 e. The maximum atomic E-state index is 5.87. The van der Waals surface area contributed by atoms with Gasteiger partial charge in [-0.05, 0) is 35.4 Å². The lowest BCUT2D eigenvalue weighted by molar-refractivity contribution is 0.997. The smallest absolute Gasteiger partial charge is 0.222 e. The highest BCUT2D eigenvalue weighted by molar-refractivity contribution is 5.95. The first-order chi connectivity index (χ1) is 11.8. The van der Waals surface area contributed by atoms with Crippen LogP contribution in [0.5, 0.6) is 0 Å². The normalized spacial score (nSPS) is 13.2. The highest BCUT2D eigenvalue weighted by atomic mass is 15.1. The number of benzene rings is 1. The van der Waals surface area contributed by atoms with Gasteiger partial charge in [0.25, 0.3) is 0 Å². The topological polar surface area (TPSA) is 102 Å². The average molecular weight is 317 g/mol. The minimum atomic E-state index is 0.237. The van der Waals surface area contributed by atoms with Crippen LogP contribution in [0.2, 0.25) is 0 Å². The molecule has 2 aromatic heterocycles. The highest BCUT2D eigenvalue weighted by Gasteiger charge is 2.10. The summed E-state index contributed by atoms with van der Waals surface area (Å²) in [6.45, 7) is 1.24. The lowest BCUT2D eigenvalue weighted by Gasteiger charge is -2.10. The van der Waals surface area contributed by atoms with Gasteiger partial charge >= 0.3 is 0 Å². The maximum absolute atomic E-state index is 5.87. The van der Waals surface area contributed by atoms with E-state index in [9.17, 15) is 0 Å². The Bertz CT molecular complexity index is 948. The molecule has 0 saturated carbocycles. The molecule has 3 heterocycles. The van der Waals surface area contributed by atoms with E-state index < -0.39 is 0 Å². The Kier molecular flexibility index (Phi) is 3.59. The molecule has 0 spiro atoms. The van der Waals surface area contributed by atoms with Gasteiger partial charge in [-0.1, -0.05) is 6.07 Å². The molecule has 1 aliphatic rings. The van der Waals surface area contributed by atoms with Crippen LogP contribution in [0.3, 0.4) is 0 Å². The van der Waals surface area contributed by atoms with Crippen LogP contribution >= 0.6 is 0 Å². The van der Waals surface area contributed by atoms with Gasteiger partial charge in [-0.15, -0.1) is 0 Å². The number of nitrogens with zero attached hydrogens (tertiary/aromatic N) is 5. The van der Waals surface area contributed by atoms with Crippen molar-refractivity contribution in [3.63, 3.8) is 0 Å². The van der Waals surface area contributed by atoms with E-state index in [2.05, 4.69) is 36.3 Å². The Labute approximate surface area is 138 Å². The van der Waals surface area contributed by atoms with Crippen LogP contribution in [0.4, 0.5) is 11.8 Å². The molecule has 7 heteroatoms. The number of nitrogens with two attached hydrogens (primary N) is 1. The van der Waals surface area contributed by atoms with E-state index in [0.29, 0.717) is 18.9 Å². The first kappa shape index (κ1) is 14.3. The van der Waals surface area contributed by atoms with Crippen molar-refractivity contribution in [2.24, 2.45) is 4.99 Å². The molecule has 118 valence electrons. The summed E-state index contributed by atoms with van der Waals surface area (Å²) in [4.78, 5) is 21.0. The summed E-state index contributed by atoms with van der Waals surface area (Å²) in [5.41, 5.74) is 9.82. The Morgan fingerprint density at radius 2 is 2.12 bits per heavy atom. The SMILES string of the molecule is Nc1nc(NCc2ccncn2)c2ccc(C3=CC=NC3)cc2n1. The molecule has 0 unspecified atom stereocenters. The van der Waals surface area contributed by atoms with Gasteiger partial charge in [0, 0.05) is 17.8 Å². The Hall–Kier alpha value is -3.35. The van der Waals surface area contributed by atoms with Crippen molar-refractivity contribution in [1.29, 1.82) is 0 Å². The van der Waals surface area contributed by atoms with Gasteiger partial charge in [-0.25, -0.2) is 15.0 Å². The molecular formula is C17H15N7. The number of hydrogen-bond acceptors (Lipinski definition) is 7. The third-order valence-corrected chi connectivity index (χ3v) is 3.81. The number of nitrogen functional groups attached to an aromatic ring is 1. The van der Waals surface area contributed by atoms with Crippen LogP contribution in [0.15, 0.2) is 47.9 Å². The molecule has 7 nitrogen and oxygen atoms in total. The monoisotopic (exact) mass is 317 g/mol. The summed E-state index contributed by atoms with van der Waals surface area (Å²) in [6.07, 6.45) is 7.07. The van der Waals surface area contributed by atoms with E-state index in [1.807, 2.05) is 30.5 Å². The summed E-state index contributed by atoms with van der Waals surface area (Å²) in [5.74, 6) is 0.931. The van der Waals surface area contributed by atoms with Gasteiger partial charge in [0.05, 0.1) is 24.3 Å². The molecule has 0 saturated heterocycles. The van der Waals surface area contributed by atoms with E-state index in [1.54, 1.807) is 6.20 Å². The van der Waals surface area contributed by atoms with Gasteiger partial charge in [0.2, 0.25) is 5.95 Å². The van der Waals surface area contributed by atoms with Crippen molar-refractivity contribution in [2.75, 3.05) is 17.6 Å². The zero-order valence-corrected chi connectivity index (χ0v) is 12.8. The highest BCUT2D eigenvalue weighted by Crippen LogP contribution is 2.26. The Morgan fingerprint density at radius 1 is 1.17 bits per heavy atom. The third kappa shape index (κ3) is 2.79. The van der Waals surface area contributed by atoms with Crippen LogP contribution in [-0.2, 0) is 6.54 Å². The number of fused-ring (bicyclic) bond motifs is 1. The number of allylic oxidation sites excluding steroid dienone is 1. The summed E-state index contributed by atoms with van der Waals surface area (Å²) in [6, 6.07) is 7.93. The Morgan fingerprint density at radius 3 is 2.92 bits per heavy atom. The number of nitrogens with one attached hydrogen (secondary N) is 1. The molecule has 0 bridgehead atoms. The maximum Gasteiger partial charge on any atom is 0.222 e. The third-order valence-electron chi connectivity index (χ3n) is 3.81. The molecule has 0 fully saturated rings. The molecule has 1 aliphatic heterocycles. The number of anilines is 2. The second kappa shape index (κ2) is 6.04. The van der Waals surface area contributed by atoms with E-state index >= 15 is 0 Å². The summed E-state index contributed by atoms with van der Waals surface area (Å²) in [7, 11) is 0. The van der Waals surface area contributed by atoms with E-state index in [-0.39, 0.29) is 5.95 Å². The van der Waals surface area contributed by atoms with Crippen molar-refractivity contribution in [3.05, 3.63) is 54.1 Å². The van der Waals surface area contributed by atoms with E-state index in [1.165, 1.54) is 11.9 Å². The van der Waals surface area contributed by atoms with Gasteiger partial charge in [0.15, 0.2) is 0 Å². The molecule has 1 aromatic carbocycles. The fraction of sp³-hybridized carbons (Fsp3) is 0.118. The van der Waals surface area contributed by atoms with Gasteiger partial charge in [0.1, 0.15) is 12.1 Å². The average Bonchev–Trinajstić information content (AvgIpc) is 3.14. The summed E-state index contributed by atoms with van der Waals surface area (Å²) >= 11 is 0. The molecule has 3 aromatic rings. The van der Waals surface area contributed by atoms with Gasteiger partial charge in [-0.2, -0.15) is 4.98 Å². The number of hydrogen-bond donors (Lipinski definition) is 2. The van der Waals surface area contributed by atoms with Crippen molar-refractivity contribution in [3.8, 4) is 0 Å². The van der Waals surface area contributed by atoms with Gasteiger partial charge < -0.3 is 11.1 Å². The fourth-order valence-electron chi connectivity index (χ4n) is 2.61. The molecule has 0 amide bonds. The second-order valence-corrected chi connectivity index (χ2v) is 5.40. The lowest BCUT2D eigenvalue weighted by atomic mass is 10.0. The predicted molar refractivity (Wildman–Crippen MR) is 94.6 cm³/mol. The molecule has 0 radical (unpaired) electrons. The molecular weight excluding hydrogens is 302 g/mol. The fourth-order valence-corrected chi connectivity index (χ4v) is 2.61. The first-order valence-electron chi connectivity index (χ1n) is 7.55.